The Bertz CT molecular complexity index is 312. The van der Waals surface area contributed by atoms with Gasteiger partial charge in [-0.1, -0.05) is 28.1 Å². The highest BCUT2D eigenvalue weighted by molar-refractivity contribution is 9.10. The van der Waals surface area contributed by atoms with Crippen LogP contribution in [-0.4, -0.2) is 17.4 Å². The van der Waals surface area contributed by atoms with Crippen molar-refractivity contribution in [3.05, 3.63) is 34.3 Å². The predicted octanol–water partition coefficient (Wildman–Crippen LogP) is 2.35. The summed E-state index contributed by atoms with van der Waals surface area (Å²) in [4.78, 5) is 10.1. The molecule has 76 valence electrons. The Kier molecular flexibility index (Phi) is 4.03. The molecule has 0 amide bonds. The lowest BCUT2D eigenvalue weighted by atomic mass is 10.2. The SMILES string of the molecule is O=C(O)C(F)OCc1ccc(Br)cc1. The Morgan fingerprint density at radius 2 is 2.07 bits per heavy atom. The number of ether oxygens (including phenoxy) is 1. The molecule has 5 heteroatoms. The maximum Gasteiger partial charge on any atom is 0.366 e. The topological polar surface area (TPSA) is 46.5 Å². The number of hydrogen-bond acceptors (Lipinski definition) is 2. The number of carboxylic acids is 1. The van der Waals surface area contributed by atoms with Gasteiger partial charge in [0.25, 0.3) is 6.36 Å². The van der Waals surface area contributed by atoms with Crippen LogP contribution in [0.15, 0.2) is 28.7 Å². The molecule has 14 heavy (non-hydrogen) atoms. The quantitative estimate of drug-likeness (QED) is 0.906. The van der Waals surface area contributed by atoms with Crippen LogP contribution in [0.25, 0.3) is 0 Å². The lowest BCUT2D eigenvalue weighted by molar-refractivity contribution is -0.164. The van der Waals surface area contributed by atoms with E-state index in [-0.39, 0.29) is 6.61 Å². The Labute approximate surface area is 88.6 Å². The van der Waals surface area contributed by atoms with Crippen LogP contribution in [0.5, 0.6) is 0 Å². The molecule has 1 rings (SSSR count). The van der Waals surface area contributed by atoms with E-state index >= 15 is 0 Å². The molecule has 0 radical (unpaired) electrons. The molecule has 0 saturated carbocycles. The molecule has 0 aliphatic carbocycles. The second-order valence-corrected chi connectivity index (χ2v) is 3.51. The summed E-state index contributed by atoms with van der Waals surface area (Å²) in [6, 6.07) is 6.98. The van der Waals surface area contributed by atoms with Crippen LogP contribution < -0.4 is 0 Å². The fraction of sp³-hybridized carbons (Fsp3) is 0.222. The van der Waals surface area contributed by atoms with Crippen molar-refractivity contribution in [1.82, 2.24) is 0 Å². The molecular weight excluding hydrogens is 255 g/mol. The van der Waals surface area contributed by atoms with Gasteiger partial charge in [0.2, 0.25) is 0 Å². The zero-order chi connectivity index (χ0) is 10.6. The van der Waals surface area contributed by atoms with Crippen LogP contribution in [0.4, 0.5) is 4.39 Å². The molecule has 1 aromatic rings. The van der Waals surface area contributed by atoms with Gasteiger partial charge >= 0.3 is 5.97 Å². The molecule has 1 atom stereocenters. The van der Waals surface area contributed by atoms with Crippen LogP contribution in [0.1, 0.15) is 5.56 Å². The van der Waals surface area contributed by atoms with Gasteiger partial charge in [-0.25, -0.2) is 9.18 Å². The molecule has 0 aliphatic heterocycles. The third kappa shape index (κ3) is 3.43. The van der Waals surface area contributed by atoms with Gasteiger partial charge < -0.3 is 9.84 Å². The number of hydrogen-bond donors (Lipinski definition) is 1. The third-order valence-corrected chi connectivity index (χ3v) is 2.03. The van der Waals surface area contributed by atoms with Crippen molar-refractivity contribution in [2.75, 3.05) is 0 Å². The molecule has 0 bridgehead atoms. The molecule has 1 aromatic carbocycles. The van der Waals surface area contributed by atoms with Gasteiger partial charge in [0.05, 0.1) is 6.61 Å². The molecule has 1 unspecified atom stereocenters. The first-order valence-electron chi connectivity index (χ1n) is 3.82. The summed E-state index contributed by atoms with van der Waals surface area (Å²) in [6.45, 7) is -0.0548. The summed E-state index contributed by atoms with van der Waals surface area (Å²) < 4.78 is 17.8. The van der Waals surface area contributed by atoms with Gasteiger partial charge in [0.15, 0.2) is 0 Å². The van der Waals surface area contributed by atoms with Crippen LogP contribution in [0.2, 0.25) is 0 Å². The molecular formula is C9H8BrFO3. The van der Waals surface area contributed by atoms with Crippen molar-refractivity contribution >= 4 is 21.9 Å². The van der Waals surface area contributed by atoms with Gasteiger partial charge in [-0.3, -0.25) is 0 Å². The molecule has 1 N–H and O–H groups in total. The molecule has 0 aromatic heterocycles. The first kappa shape index (κ1) is 11.1. The van der Waals surface area contributed by atoms with E-state index in [1.807, 2.05) is 0 Å². The Balaban J connectivity index is 2.46. The Morgan fingerprint density at radius 3 is 2.57 bits per heavy atom. The average molecular weight is 263 g/mol. The summed E-state index contributed by atoms with van der Waals surface area (Å²) in [5.74, 6) is -1.61. The normalized spacial score (nSPS) is 12.4. The molecule has 0 saturated heterocycles. The summed E-state index contributed by atoms with van der Waals surface area (Å²) >= 11 is 3.24. The van der Waals surface area contributed by atoms with E-state index in [4.69, 9.17) is 5.11 Å². The number of carboxylic acid groups (broad SMARTS) is 1. The van der Waals surface area contributed by atoms with E-state index in [1.165, 1.54) is 0 Å². The molecule has 0 aliphatic rings. The lowest BCUT2D eigenvalue weighted by Crippen LogP contribution is -2.17. The minimum atomic E-state index is -2.27. The molecule has 0 heterocycles. The van der Waals surface area contributed by atoms with Crippen LogP contribution >= 0.6 is 15.9 Å². The van der Waals surface area contributed by atoms with E-state index in [0.717, 1.165) is 10.0 Å². The highest BCUT2D eigenvalue weighted by Gasteiger charge is 2.15. The Morgan fingerprint density at radius 1 is 1.50 bits per heavy atom. The van der Waals surface area contributed by atoms with E-state index in [9.17, 15) is 9.18 Å². The van der Waals surface area contributed by atoms with E-state index in [0.29, 0.717) is 0 Å². The molecule has 0 spiro atoms. The summed E-state index contributed by atoms with van der Waals surface area (Å²) in [6.07, 6.45) is -2.27. The van der Waals surface area contributed by atoms with Gasteiger partial charge in [0.1, 0.15) is 0 Å². The van der Waals surface area contributed by atoms with Crippen molar-refractivity contribution < 1.29 is 19.0 Å². The predicted molar refractivity (Wildman–Crippen MR) is 51.5 cm³/mol. The van der Waals surface area contributed by atoms with Gasteiger partial charge in [-0.2, -0.15) is 0 Å². The van der Waals surface area contributed by atoms with Crippen molar-refractivity contribution in [1.29, 1.82) is 0 Å². The maximum absolute atomic E-state index is 12.5. The average Bonchev–Trinajstić information content (AvgIpc) is 2.16. The third-order valence-electron chi connectivity index (χ3n) is 1.50. The minimum Gasteiger partial charge on any atom is -0.477 e. The summed E-state index contributed by atoms with van der Waals surface area (Å²) in [7, 11) is 0. The number of halogens is 2. The van der Waals surface area contributed by atoms with Gasteiger partial charge in [-0.15, -0.1) is 0 Å². The van der Waals surface area contributed by atoms with Crippen LogP contribution in [-0.2, 0) is 16.1 Å². The molecule has 3 nitrogen and oxygen atoms in total. The largest absolute Gasteiger partial charge is 0.477 e. The zero-order valence-electron chi connectivity index (χ0n) is 7.11. The number of benzene rings is 1. The first-order valence-corrected chi connectivity index (χ1v) is 4.62. The van der Waals surface area contributed by atoms with Crippen molar-refractivity contribution in [3.63, 3.8) is 0 Å². The fourth-order valence-corrected chi connectivity index (χ4v) is 1.09. The second kappa shape index (κ2) is 5.07. The second-order valence-electron chi connectivity index (χ2n) is 2.59. The highest BCUT2D eigenvalue weighted by atomic mass is 79.9. The number of carbonyl (C=O) groups is 1. The number of rotatable bonds is 4. The smallest absolute Gasteiger partial charge is 0.366 e. The van der Waals surface area contributed by atoms with Gasteiger partial charge in [-0.05, 0) is 17.7 Å². The minimum absolute atomic E-state index is 0.0548. The van der Waals surface area contributed by atoms with Crippen molar-refractivity contribution in [2.45, 2.75) is 13.0 Å². The maximum atomic E-state index is 12.5. The fourth-order valence-electron chi connectivity index (χ4n) is 0.821. The van der Waals surface area contributed by atoms with Crippen LogP contribution in [0.3, 0.4) is 0 Å². The number of alkyl halides is 1. The Hall–Kier alpha value is -0.940. The summed E-state index contributed by atoms with van der Waals surface area (Å²) in [5.41, 5.74) is 0.720. The van der Waals surface area contributed by atoms with Crippen LogP contribution in [0, 0.1) is 0 Å². The standard InChI is InChI=1S/C9H8BrFO3/c10-7-3-1-6(2-4-7)5-14-8(11)9(12)13/h1-4,8H,5H2,(H,12,13). The monoisotopic (exact) mass is 262 g/mol. The van der Waals surface area contributed by atoms with Crippen molar-refractivity contribution in [3.8, 4) is 0 Å². The van der Waals surface area contributed by atoms with E-state index < -0.39 is 12.3 Å². The van der Waals surface area contributed by atoms with E-state index in [2.05, 4.69) is 20.7 Å². The highest BCUT2D eigenvalue weighted by Crippen LogP contribution is 2.11. The van der Waals surface area contributed by atoms with Crippen molar-refractivity contribution in [2.24, 2.45) is 0 Å². The van der Waals surface area contributed by atoms with Gasteiger partial charge in [0, 0.05) is 4.47 Å². The van der Waals surface area contributed by atoms with E-state index in [1.54, 1.807) is 24.3 Å². The lowest BCUT2D eigenvalue weighted by Gasteiger charge is -2.05. The number of aliphatic carboxylic acids is 1. The molecule has 0 fully saturated rings. The first-order chi connectivity index (χ1) is 6.59. The zero-order valence-corrected chi connectivity index (χ0v) is 8.70. The summed E-state index contributed by atoms with van der Waals surface area (Å²) in [5, 5.41) is 8.20.